The van der Waals surface area contributed by atoms with E-state index in [2.05, 4.69) is 81.5 Å². The molecule has 0 amide bonds. The highest BCUT2D eigenvalue weighted by Crippen LogP contribution is 2.14. The van der Waals surface area contributed by atoms with Gasteiger partial charge in [-0.05, 0) is 83.5 Å². The SMILES string of the molecule is CC\C=C/C=C\C=C/CCCCCCCCCC(=O)OC(COC(=O)CCC/C=C\CCCCCC)COC(=O)CCCCCCC/C=C\CCCCCCCCC. The topological polar surface area (TPSA) is 78.9 Å². The van der Waals surface area contributed by atoms with Crippen LogP contribution in [0.5, 0.6) is 0 Å². The molecule has 0 saturated carbocycles. The molecule has 0 aromatic heterocycles. The summed E-state index contributed by atoms with van der Waals surface area (Å²) in [5, 5.41) is 0. The van der Waals surface area contributed by atoms with E-state index < -0.39 is 6.10 Å². The Bertz CT molecular complexity index is 1070. The second-order valence-electron chi connectivity index (χ2n) is 16.0. The second kappa shape index (κ2) is 46.8. The van der Waals surface area contributed by atoms with Gasteiger partial charge >= 0.3 is 17.9 Å². The summed E-state index contributed by atoms with van der Waals surface area (Å²) in [6, 6.07) is 0. The zero-order valence-electron chi connectivity index (χ0n) is 38.0. The fourth-order valence-corrected chi connectivity index (χ4v) is 6.62. The van der Waals surface area contributed by atoms with Gasteiger partial charge < -0.3 is 14.2 Å². The molecule has 0 spiro atoms. The van der Waals surface area contributed by atoms with Crippen molar-refractivity contribution in [2.24, 2.45) is 0 Å². The molecule has 0 aromatic carbocycles. The van der Waals surface area contributed by atoms with Gasteiger partial charge in [-0.25, -0.2) is 0 Å². The van der Waals surface area contributed by atoms with E-state index in [0.29, 0.717) is 25.7 Å². The molecular formula is C52H90O6. The molecule has 0 aromatic rings. The Balaban J connectivity index is 4.38. The lowest BCUT2D eigenvalue weighted by molar-refractivity contribution is -0.167. The van der Waals surface area contributed by atoms with E-state index in [1.807, 2.05) is 0 Å². The lowest BCUT2D eigenvalue weighted by Crippen LogP contribution is -2.30. The van der Waals surface area contributed by atoms with Crippen LogP contribution in [-0.4, -0.2) is 37.2 Å². The van der Waals surface area contributed by atoms with E-state index >= 15 is 0 Å². The molecule has 0 rings (SSSR count). The summed E-state index contributed by atoms with van der Waals surface area (Å²) < 4.78 is 16.7. The van der Waals surface area contributed by atoms with Crippen LogP contribution in [0.1, 0.15) is 233 Å². The van der Waals surface area contributed by atoms with Crippen molar-refractivity contribution in [1.82, 2.24) is 0 Å². The number of carbonyl (C=O) groups is 3. The minimum Gasteiger partial charge on any atom is -0.462 e. The zero-order chi connectivity index (χ0) is 42.3. The summed E-state index contributed by atoms with van der Waals surface area (Å²) in [7, 11) is 0. The van der Waals surface area contributed by atoms with Crippen molar-refractivity contribution in [2.45, 2.75) is 239 Å². The maximum atomic E-state index is 12.7. The van der Waals surface area contributed by atoms with Gasteiger partial charge in [0.15, 0.2) is 6.10 Å². The quantitative estimate of drug-likeness (QED) is 0.0201. The highest BCUT2D eigenvalue weighted by molar-refractivity contribution is 5.71. The van der Waals surface area contributed by atoms with Crippen LogP contribution in [0.2, 0.25) is 0 Å². The van der Waals surface area contributed by atoms with Crippen molar-refractivity contribution in [3.05, 3.63) is 60.8 Å². The predicted octanol–water partition coefficient (Wildman–Crippen LogP) is 15.7. The number of rotatable bonds is 43. The molecule has 0 N–H and O–H groups in total. The minimum atomic E-state index is -0.792. The van der Waals surface area contributed by atoms with Crippen LogP contribution in [0, 0.1) is 0 Å². The normalized spacial score (nSPS) is 12.5. The lowest BCUT2D eigenvalue weighted by atomic mass is 10.1. The molecule has 0 saturated heterocycles. The van der Waals surface area contributed by atoms with Crippen LogP contribution in [-0.2, 0) is 28.6 Å². The number of hydrogen-bond donors (Lipinski definition) is 0. The molecule has 0 heterocycles. The van der Waals surface area contributed by atoms with Gasteiger partial charge in [-0.3, -0.25) is 14.4 Å². The van der Waals surface area contributed by atoms with E-state index in [1.165, 1.54) is 116 Å². The van der Waals surface area contributed by atoms with Crippen LogP contribution in [0.15, 0.2) is 60.8 Å². The second-order valence-corrected chi connectivity index (χ2v) is 16.0. The summed E-state index contributed by atoms with van der Waals surface area (Å²) in [5.41, 5.74) is 0. The molecule has 6 heteroatoms. The van der Waals surface area contributed by atoms with Gasteiger partial charge in [0.25, 0.3) is 0 Å². The molecule has 0 bridgehead atoms. The highest BCUT2D eigenvalue weighted by atomic mass is 16.6. The molecule has 6 nitrogen and oxygen atoms in total. The first-order chi connectivity index (χ1) is 28.5. The van der Waals surface area contributed by atoms with E-state index in [1.54, 1.807) is 0 Å². The molecule has 1 atom stereocenters. The summed E-state index contributed by atoms with van der Waals surface area (Å²) in [6.07, 6.45) is 56.4. The monoisotopic (exact) mass is 811 g/mol. The smallest absolute Gasteiger partial charge is 0.306 e. The fraction of sp³-hybridized carbons (Fsp3) is 0.750. The number of hydrogen-bond acceptors (Lipinski definition) is 6. The average Bonchev–Trinajstić information content (AvgIpc) is 3.22. The number of unbranched alkanes of at least 4 members (excludes halogenated alkanes) is 24. The lowest BCUT2D eigenvalue weighted by Gasteiger charge is -2.18. The Kier molecular flexibility index (Phi) is 44.5. The molecule has 1 unspecified atom stereocenters. The molecule has 0 aliphatic rings. The van der Waals surface area contributed by atoms with E-state index in [9.17, 15) is 14.4 Å². The number of allylic oxidation sites excluding steroid dienone is 10. The first-order valence-corrected chi connectivity index (χ1v) is 24.3. The van der Waals surface area contributed by atoms with Crippen molar-refractivity contribution in [3.8, 4) is 0 Å². The van der Waals surface area contributed by atoms with Gasteiger partial charge in [0, 0.05) is 19.3 Å². The van der Waals surface area contributed by atoms with Crippen molar-refractivity contribution in [1.29, 1.82) is 0 Å². The van der Waals surface area contributed by atoms with Gasteiger partial charge in [0.05, 0.1) is 0 Å². The van der Waals surface area contributed by atoms with E-state index in [0.717, 1.165) is 70.6 Å². The van der Waals surface area contributed by atoms with Crippen molar-refractivity contribution < 1.29 is 28.6 Å². The molecule has 58 heavy (non-hydrogen) atoms. The summed E-state index contributed by atoms with van der Waals surface area (Å²) >= 11 is 0. The van der Waals surface area contributed by atoms with Gasteiger partial charge in [-0.2, -0.15) is 0 Å². The minimum absolute atomic E-state index is 0.0921. The Labute approximate surface area is 358 Å². The van der Waals surface area contributed by atoms with Crippen LogP contribution in [0.3, 0.4) is 0 Å². The van der Waals surface area contributed by atoms with E-state index in [-0.39, 0.29) is 31.1 Å². The molecule has 334 valence electrons. The Morgan fingerprint density at radius 3 is 1.17 bits per heavy atom. The molecule has 0 aliphatic carbocycles. The largest absolute Gasteiger partial charge is 0.462 e. The van der Waals surface area contributed by atoms with Crippen molar-refractivity contribution in [2.75, 3.05) is 13.2 Å². The van der Waals surface area contributed by atoms with Crippen molar-refractivity contribution in [3.63, 3.8) is 0 Å². The molecular weight excluding hydrogens is 721 g/mol. The van der Waals surface area contributed by atoms with Crippen LogP contribution in [0.25, 0.3) is 0 Å². The molecule has 0 fully saturated rings. The van der Waals surface area contributed by atoms with Crippen LogP contribution < -0.4 is 0 Å². The summed E-state index contributed by atoms with van der Waals surface area (Å²) in [4.78, 5) is 37.8. The number of ether oxygens (including phenoxy) is 3. The zero-order valence-corrected chi connectivity index (χ0v) is 38.0. The highest BCUT2D eigenvalue weighted by Gasteiger charge is 2.19. The number of carbonyl (C=O) groups excluding carboxylic acids is 3. The van der Waals surface area contributed by atoms with Crippen LogP contribution in [0.4, 0.5) is 0 Å². The predicted molar refractivity (Wildman–Crippen MR) is 247 cm³/mol. The third-order valence-corrected chi connectivity index (χ3v) is 10.3. The Morgan fingerprint density at radius 2 is 0.707 bits per heavy atom. The van der Waals surface area contributed by atoms with Gasteiger partial charge in [0.2, 0.25) is 0 Å². The van der Waals surface area contributed by atoms with Crippen molar-refractivity contribution >= 4 is 17.9 Å². The maximum Gasteiger partial charge on any atom is 0.306 e. The Hall–Kier alpha value is -2.89. The van der Waals surface area contributed by atoms with Crippen LogP contribution >= 0.6 is 0 Å². The summed E-state index contributed by atoms with van der Waals surface area (Å²) in [5.74, 6) is -0.949. The van der Waals surface area contributed by atoms with E-state index in [4.69, 9.17) is 14.2 Å². The number of esters is 3. The third kappa shape index (κ3) is 44.2. The first kappa shape index (κ1) is 55.1. The van der Waals surface area contributed by atoms with Gasteiger partial charge in [0.1, 0.15) is 13.2 Å². The first-order valence-electron chi connectivity index (χ1n) is 24.3. The maximum absolute atomic E-state index is 12.7. The third-order valence-electron chi connectivity index (χ3n) is 10.3. The average molecular weight is 811 g/mol. The molecule has 0 radical (unpaired) electrons. The standard InChI is InChI=1S/C52H90O6/c1-4-7-10-13-16-19-21-23-25-27-28-30-33-36-39-42-45-51(54)57-48-49(47-56-50(53)44-41-38-35-32-18-15-12-9-6-3)58-52(55)46-43-40-37-34-31-29-26-24-22-20-17-14-11-8-5-2/h8,11,14,17,20,22,25,27,32,35,49H,4-7,9-10,12-13,15-16,18-19,21,23-24,26,28-31,33-34,36-48H2,1-3H3/b11-8-,17-14-,22-20-,27-25-,35-32-. The summed E-state index contributed by atoms with van der Waals surface area (Å²) in [6.45, 7) is 6.42. The van der Waals surface area contributed by atoms with Gasteiger partial charge in [-0.15, -0.1) is 0 Å². The van der Waals surface area contributed by atoms with Gasteiger partial charge in [-0.1, -0.05) is 191 Å². The Morgan fingerprint density at radius 1 is 0.362 bits per heavy atom. The molecule has 0 aliphatic heterocycles. The fourth-order valence-electron chi connectivity index (χ4n) is 6.62.